The van der Waals surface area contributed by atoms with Gasteiger partial charge in [-0.15, -0.1) is 11.8 Å². The number of carbonyl (C=O) groups is 1. The maximum Gasteiger partial charge on any atom is 0.308 e. The van der Waals surface area contributed by atoms with Crippen molar-refractivity contribution in [3.05, 3.63) is 24.3 Å². The van der Waals surface area contributed by atoms with Crippen molar-refractivity contribution in [2.24, 2.45) is 0 Å². The molecule has 1 unspecified atom stereocenters. The number of thioether (sulfide) groups is 1. The Labute approximate surface area is 105 Å². The van der Waals surface area contributed by atoms with Gasteiger partial charge in [0.25, 0.3) is 0 Å². The molecule has 0 bridgehead atoms. The van der Waals surface area contributed by atoms with Crippen molar-refractivity contribution in [3.8, 4) is 0 Å². The number of aliphatic hydroxyl groups is 1. The zero-order valence-corrected chi connectivity index (χ0v) is 10.6. The van der Waals surface area contributed by atoms with E-state index in [0.29, 0.717) is 18.0 Å². The molecule has 4 nitrogen and oxygen atoms in total. The molecule has 0 radical (unpaired) electrons. The Morgan fingerprint density at radius 2 is 2.35 bits per heavy atom. The topological polar surface area (TPSA) is 72.5 Å². The molecule has 0 heterocycles. The summed E-state index contributed by atoms with van der Waals surface area (Å²) < 4.78 is 4.76. The summed E-state index contributed by atoms with van der Waals surface area (Å²) in [7, 11) is 0. The van der Waals surface area contributed by atoms with E-state index in [4.69, 9.17) is 10.5 Å². The van der Waals surface area contributed by atoms with E-state index in [1.165, 1.54) is 11.8 Å². The van der Waals surface area contributed by atoms with Crippen molar-refractivity contribution in [2.45, 2.75) is 24.3 Å². The third kappa shape index (κ3) is 5.60. The van der Waals surface area contributed by atoms with Gasteiger partial charge in [0, 0.05) is 16.3 Å². The fourth-order valence-corrected chi connectivity index (χ4v) is 2.16. The van der Waals surface area contributed by atoms with E-state index in [2.05, 4.69) is 0 Å². The Balaban J connectivity index is 2.33. The molecule has 0 fully saturated rings. The van der Waals surface area contributed by atoms with E-state index in [1.54, 1.807) is 13.0 Å². The van der Waals surface area contributed by atoms with Crippen LogP contribution in [-0.4, -0.2) is 29.5 Å². The summed E-state index contributed by atoms with van der Waals surface area (Å²) in [5, 5.41) is 9.62. The molecule has 0 spiro atoms. The van der Waals surface area contributed by atoms with E-state index in [0.717, 1.165) is 4.90 Å². The van der Waals surface area contributed by atoms with Crippen LogP contribution in [0.25, 0.3) is 0 Å². The molecule has 0 aliphatic carbocycles. The van der Waals surface area contributed by atoms with E-state index in [9.17, 15) is 9.90 Å². The molecule has 0 saturated carbocycles. The second kappa shape index (κ2) is 7.19. The van der Waals surface area contributed by atoms with Crippen LogP contribution in [0.1, 0.15) is 13.3 Å². The van der Waals surface area contributed by atoms with Gasteiger partial charge in [0.15, 0.2) is 0 Å². The van der Waals surface area contributed by atoms with Crippen LogP contribution < -0.4 is 5.73 Å². The largest absolute Gasteiger partial charge is 0.466 e. The van der Waals surface area contributed by atoms with Crippen LogP contribution in [0.3, 0.4) is 0 Å². The standard InChI is InChI=1S/C12H17NO3S/c1-2-16-12(15)7-10(14)8-17-11-5-3-4-9(13)6-11/h3-6,10,14H,2,7-8,13H2,1H3. The summed E-state index contributed by atoms with van der Waals surface area (Å²) in [6.45, 7) is 2.08. The van der Waals surface area contributed by atoms with Crippen molar-refractivity contribution >= 4 is 23.4 Å². The lowest BCUT2D eigenvalue weighted by Gasteiger charge is -2.09. The van der Waals surface area contributed by atoms with Gasteiger partial charge in [-0.3, -0.25) is 4.79 Å². The van der Waals surface area contributed by atoms with Gasteiger partial charge < -0.3 is 15.6 Å². The Morgan fingerprint density at radius 3 is 3.00 bits per heavy atom. The highest BCUT2D eigenvalue weighted by Crippen LogP contribution is 2.21. The Morgan fingerprint density at radius 1 is 1.59 bits per heavy atom. The maximum atomic E-state index is 11.1. The van der Waals surface area contributed by atoms with Gasteiger partial charge in [-0.2, -0.15) is 0 Å². The Bertz CT molecular complexity index is 371. The van der Waals surface area contributed by atoms with E-state index >= 15 is 0 Å². The van der Waals surface area contributed by atoms with Crippen LogP contribution >= 0.6 is 11.8 Å². The molecule has 0 aromatic heterocycles. The molecule has 0 aliphatic heterocycles. The monoisotopic (exact) mass is 255 g/mol. The lowest BCUT2D eigenvalue weighted by atomic mass is 10.3. The lowest BCUT2D eigenvalue weighted by molar-refractivity contribution is -0.144. The van der Waals surface area contributed by atoms with Crippen LogP contribution in [-0.2, 0) is 9.53 Å². The summed E-state index contributed by atoms with van der Waals surface area (Å²) >= 11 is 1.46. The molecule has 0 amide bonds. The molecule has 5 heteroatoms. The fourth-order valence-electron chi connectivity index (χ4n) is 1.27. The molecule has 94 valence electrons. The smallest absolute Gasteiger partial charge is 0.308 e. The first-order valence-electron chi connectivity index (χ1n) is 5.44. The number of anilines is 1. The highest BCUT2D eigenvalue weighted by molar-refractivity contribution is 7.99. The average Bonchev–Trinajstić information content (AvgIpc) is 2.27. The zero-order chi connectivity index (χ0) is 12.7. The minimum atomic E-state index is -0.694. The highest BCUT2D eigenvalue weighted by atomic mass is 32.2. The zero-order valence-electron chi connectivity index (χ0n) is 9.76. The number of aliphatic hydroxyl groups excluding tert-OH is 1. The van der Waals surface area contributed by atoms with Gasteiger partial charge in [0.05, 0.1) is 19.1 Å². The third-order valence-corrected chi connectivity index (χ3v) is 3.15. The summed E-state index contributed by atoms with van der Waals surface area (Å²) in [6, 6.07) is 7.41. The van der Waals surface area contributed by atoms with Crippen molar-refractivity contribution in [1.29, 1.82) is 0 Å². The molecule has 1 rings (SSSR count). The number of carbonyl (C=O) groups excluding carboxylic acids is 1. The number of hydrogen-bond acceptors (Lipinski definition) is 5. The molecule has 3 N–H and O–H groups in total. The quantitative estimate of drug-likeness (QED) is 0.459. The lowest BCUT2D eigenvalue weighted by Crippen LogP contribution is -2.17. The minimum absolute atomic E-state index is 0.0309. The summed E-state index contributed by atoms with van der Waals surface area (Å²) in [4.78, 5) is 12.1. The predicted molar refractivity (Wildman–Crippen MR) is 68.8 cm³/mol. The van der Waals surface area contributed by atoms with Crippen LogP contribution in [0.2, 0.25) is 0 Å². The van der Waals surface area contributed by atoms with Gasteiger partial charge in [-0.1, -0.05) is 6.07 Å². The first-order valence-corrected chi connectivity index (χ1v) is 6.42. The fraction of sp³-hybridized carbons (Fsp3) is 0.417. The second-order valence-corrected chi connectivity index (χ2v) is 4.64. The summed E-state index contributed by atoms with van der Waals surface area (Å²) in [5.74, 6) is 0.0793. The predicted octanol–water partition coefficient (Wildman–Crippen LogP) is 1.68. The Kier molecular flexibility index (Phi) is 5.86. The average molecular weight is 255 g/mol. The van der Waals surface area contributed by atoms with Crippen LogP contribution in [0.15, 0.2) is 29.2 Å². The van der Waals surface area contributed by atoms with E-state index < -0.39 is 6.10 Å². The summed E-state index contributed by atoms with van der Waals surface area (Å²) in [5.41, 5.74) is 6.33. The van der Waals surface area contributed by atoms with Crippen LogP contribution in [0.4, 0.5) is 5.69 Å². The first kappa shape index (κ1) is 13.9. The molecule has 1 aromatic carbocycles. The molecule has 1 aromatic rings. The van der Waals surface area contributed by atoms with Gasteiger partial charge >= 0.3 is 5.97 Å². The van der Waals surface area contributed by atoms with E-state index in [-0.39, 0.29) is 12.4 Å². The molecule has 1 atom stereocenters. The molecular weight excluding hydrogens is 238 g/mol. The van der Waals surface area contributed by atoms with Crippen LogP contribution in [0, 0.1) is 0 Å². The summed E-state index contributed by atoms with van der Waals surface area (Å²) in [6.07, 6.45) is -0.663. The van der Waals surface area contributed by atoms with Crippen molar-refractivity contribution in [1.82, 2.24) is 0 Å². The number of ether oxygens (including phenoxy) is 1. The highest BCUT2D eigenvalue weighted by Gasteiger charge is 2.11. The molecule has 0 aliphatic rings. The van der Waals surface area contributed by atoms with Gasteiger partial charge in [0.2, 0.25) is 0 Å². The van der Waals surface area contributed by atoms with Gasteiger partial charge in [0.1, 0.15) is 0 Å². The SMILES string of the molecule is CCOC(=O)CC(O)CSc1cccc(N)c1. The number of rotatable bonds is 6. The number of benzene rings is 1. The minimum Gasteiger partial charge on any atom is -0.466 e. The number of esters is 1. The maximum absolute atomic E-state index is 11.1. The number of hydrogen-bond donors (Lipinski definition) is 2. The van der Waals surface area contributed by atoms with Gasteiger partial charge in [-0.05, 0) is 25.1 Å². The first-order chi connectivity index (χ1) is 8.11. The van der Waals surface area contributed by atoms with E-state index in [1.807, 2.05) is 18.2 Å². The molecular formula is C12H17NO3S. The number of nitrogens with two attached hydrogens (primary N) is 1. The van der Waals surface area contributed by atoms with Crippen molar-refractivity contribution in [3.63, 3.8) is 0 Å². The van der Waals surface area contributed by atoms with Crippen molar-refractivity contribution in [2.75, 3.05) is 18.1 Å². The van der Waals surface area contributed by atoms with Crippen molar-refractivity contribution < 1.29 is 14.6 Å². The second-order valence-electron chi connectivity index (χ2n) is 3.55. The van der Waals surface area contributed by atoms with Gasteiger partial charge in [-0.25, -0.2) is 0 Å². The Hall–Kier alpha value is -1.20. The number of nitrogen functional groups attached to an aromatic ring is 1. The molecule has 0 saturated heterocycles. The molecule has 17 heavy (non-hydrogen) atoms. The third-order valence-electron chi connectivity index (χ3n) is 2.01. The normalized spacial score (nSPS) is 12.1. The van der Waals surface area contributed by atoms with Crippen LogP contribution in [0.5, 0.6) is 0 Å².